The number of thiophene rings is 1. The van der Waals surface area contributed by atoms with E-state index in [0.717, 1.165) is 34.2 Å². The second-order valence-electron chi connectivity index (χ2n) is 7.36. The Morgan fingerprint density at radius 1 is 1.38 bits per heavy atom. The lowest BCUT2D eigenvalue weighted by atomic mass is 9.86. The van der Waals surface area contributed by atoms with E-state index >= 15 is 0 Å². The Morgan fingerprint density at radius 2 is 2.27 bits per heavy atom. The molecule has 4 aromatic rings. The maximum absolute atomic E-state index is 4.90. The molecule has 5 rings (SSSR count). The van der Waals surface area contributed by atoms with Gasteiger partial charge in [0.2, 0.25) is 0 Å². The van der Waals surface area contributed by atoms with E-state index in [2.05, 4.69) is 23.9 Å². The molecule has 4 aromatic heterocycles. The number of nitrogens with zero attached hydrogens (tertiary/aromatic N) is 6. The molecule has 134 valence electrons. The zero-order valence-corrected chi connectivity index (χ0v) is 16.1. The van der Waals surface area contributed by atoms with Gasteiger partial charge in [0.25, 0.3) is 0 Å². The highest BCUT2D eigenvalue weighted by molar-refractivity contribution is 7.19. The number of rotatable bonds is 3. The van der Waals surface area contributed by atoms with Crippen molar-refractivity contribution in [3.8, 4) is 0 Å². The second-order valence-corrected chi connectivity index (χ2v) is 8.44. The summed E-state index contributed by atoms with van der Waals surface area (Å²) in [4.78, 5) is 12.2. The quantitative estimate of drug-likeness (QED) is 0.550. The zero-order chi connectivity index (χ0) is 17.8. The van der Waals surface area contributed by atoms with E-state index in [1.165, 1.54) is 35.1 Å². The smallest absolute Gasteiger partial charge is 0.176 e. The SMILES string of the molecule is CCC1CCc2c(sc3ncn4nc(C(C)n5cc(C)cn5)nc4c23)C1. The third kappa shape index (κ3) is 2.37. The van der Waals surface area contributed by atoms with Gasteiger partial charge in [0.15, 0.2) is 11.5 Å². The topological polar surface area (TPSA) is 60.9 Å². The highest BCUT2D eigenvalue weighted by atomic mass is 32.1. The molecule has 0 amide bonds. The van der Waals surface area contributed by atoms with Gasteiger partial charge in [0.05, 0.1) is 11.6 Å². The van der Waals surface area contributed by atoms with Crippen LogP contribution >= 0.6 is 11.3 Å². The summed E-state index contributed by atoms with van der Waals surface area (Å²) in [5.41, 5.74) is 3.53. The van der Waals surface area contributed by atoms with Crippen molar-refractivity contribution in [3.05, 3.63) is 40.5 Å². The lowest BCUT2D eigenvalue weighted by Crippen LogP contribution is -2.11. The van der Waals surface area contributed by atoms with Crippen molar-refractivity contribution in [3.63, 3.8) is 0 Å². The van der Waals surface area contributed by atoms with Crippen LogP contribution in [0.1, 0.15) is 54.6 Å². The van der Waals surface area contributed by atoms with Crippen LogP contribution in [0.25, 0.3) is 15.9 Å². The molecule has 2 atom stereocenters. The standard InChI is InChI=1S/C19H22N6S/c1-4-13-5-6-14-15(7-13)26-19-16(14)18-22-17(23-25(18)10-20-19)12(3)24-9-11(2)8-21-24/h8-10,12-13H,4-7H2,1-3H3. The monoisotopic (exact) mass is 366 g/mol. The van der Waals surface area contributed by atoms with Crippen LogP contribution < -0.4 is 0 Å². The van der Waals surface area contributed by atoms with E-state index in [0.29, 0.717) is 0 Å². The molecule has 0 spiro atoms. The molecule has 6 nitrogen and oxygen atoms in total. The molecule has 0 aromatic carbocycles. The number of aromatic nitrogens is 6. The fourth-order valence-corrected chi connectivity index (χ4v) is 5.24. The molecule has 0 bridgehead atoms. The number of fused-ring (bicyclic) bond motifs is 5. The largest absolute Gasteiger partial charge is 0.262 e. The number of hydrogen-bond donors (Lipinski definition) is 0. The Morgan fingerprint density at radius 3 is 3.04 bits per heavy atom. The van der Waals surface area contributed by atoms with Crippen LogP contribution in [0.15, 0.2) is 18.7 Å². The van der Waals surface area contributed by atoms with Crippen molar-refractivity contribution in [1.29, 1.82) is 0 Å². The summed E-state index contributed by atoms with van der Waals surface area (Å²) < 4.78 is 3.76. The Hall–Kier alpha value is -2.28. The molecule has 2 unspecified atom stereocenters. The van der Waals surface area contributed by atoms with Gasteiger partial charge in [-0.15, -0.1) is 16.4 Å². The predicted molar refractivity (Wildman–Crippen MR) is 103 cm³/mol. The number of hydrogen-bond acceptors (Lipinski definition) is 5. The number of aryl methyl sites for hydroxylation is 2. The van der Waals surface area contributed by atoms with Crippen LogP contribution in [-0.4, -0.2) is 29.4 Å². The van der Waals surface area contributed by atoms with Crippen LogP contribution in [0.5, 0.6) is 0 Å². The molecular formula is C19H22N6S. The minimum absolute atomic E-state index is 0.00224. The summed E-state index contributed by atoms with van der Waals surface area (Å²) in [5.74, 6) is 1.59. The van der Waals surface area contributed by atoms with Crippen molar-refractivity contribution in [2.75, 3.05) is 0 Å². The summed E-state index contributed by atoms with van der Waals surface area (Å²) in [5, 5.41) is 10.3. The van der Waals surface area contributed by atoms with E-state index in [9.17, 15) is 0 Å². The molecule has 4 heterocycles. The zero-order valence-electron chi connectivity index (χ0n) is 15.3. The van der Waals surface area contributed by atoms with Gasteiger partial charge in [-0.3, -0.25) is 4.68 Å². The summed E-state index contributed by atoms with van der Waals surface area (Å²) in [6.45, 7) is 6.42. The molecule has 1 aliphatic rings. The van der Waals surface area contributed by atoms with Gasteiger partial charge < -0.3 is 0 Å². The molecule has 0 saturated heterocycles. The van der Waals surface area contributed by atoms with Crippen molar-refractivity contribution < 1.29 is 0 Å². The van der Waals surface area contributed by atoms with Crippen molar-refractivity contribution in [2.45, 2.75) is 52.5 Å². The van der Waals surface area contributed by atoms with Gasteiger partial charge in [-0.2, -0.15) is 5.10 Å². The minimum Gasteiger partial charge on any atom is -0.262 e. The van der Waals surface area contributed by atoms with E-state index in [4.69, 9.17) is 10.1 Å². The van der Waals surface area contributed by atoms with Crippen LogP contribution in [0, 0.1) is 12.8 Å². The van der Waals surface area contributed by atoms with Gasteiger partial charge in [0.1, 0.15) is 17.2 Å². The van der Waals surface area contributed by atoms with Crippen LogP contribution in [0.2, 0.25) is 0 Å². The lowest BCUT2D eigenvalue weighted by Gasteiger charge is -2.20. The molecule has 0 fully saturated rings. The fourth-order valence-electron chi connectivity index (χ4n) is 3.95. The van der Waals surface area contributed by atoms with Gasteiger partial charge >= 0.3 is 0 Å². The van der Waals surface area contributed by atoms with Gasteiger partial charge in [-0.05, 0) is 50.2 Å². The van der Waals surface area contributed by atoms with E-state index in [1.807, 2.05) is 39.9 Å². The first kappa shape index (κ1) is 15.9. The second kappa shape index (κ2) is 5.87. The van der Waals surface area contributed by atoms with Crippen molar-refractivity contribution in [1.82, 2.24) is 29.4 Å². The summed E-state index contributed by atoms with van der Waals surface area (Å²) in [6.07, 6.45) is 10.5. The maximum Gasteiger partial charge on any atom is 0.176 e. The fraction of sp³-hybridized carbons (Fsp3) is 0.474. The highest BCUT2D eigenvalue weighted by Gasteiger charge is 2.25. The Balaban J connectivity index is 1.64. The van der Waals surface area contributed by atoms with E-state index in [1.54, 1.807) is 6.33 Å². The first-order chi connectivity index (χ1) is 12.6. The molecule has 0 N–H and O–H groups in total. The molecular weight excluding hydrogens is 344 g/mol. The molecule has 7 heteroatoms. The normalized spacial score (nSPS) is 18.5. The summed E-state index contributed by atoms with van der Waals surface area (Å²) in [7, 11) is 0. The third-order valence-electron chi connectivity index (χ3n) is 5.58. The maximum atomic E-state index is 4.90. The van der Waals surface area contributed by atoms with Crippen molar-refractivity contribution >= 4 is 27.2 Å². The molecule has 1 aliphatic carbocycles. The highest BCUT2D eigenvalue weighted by Crippen LogP contribution is 2.39. The minimum atomic E-state index is -0.00224. The average Bonchev–Trinajstić information content (AvgIpc) is 3.35. The Labute approximate surface area is 155 Å². The van der Waals surface area contributed by atoms with E-state index < -0.39 is 0 Å². The first-order valence-electron chi connectivity index (χ1n) is 9.30. The van der Waals surface area contributed by atoms with Gasteiger partial charge in [0, 0.05) is 11.1 Å². The van der Waals surface area contributed by atoms with Crippen LogP contribution in [0.3, 0.4) is 0 Å². The van der Waals surface area contributed by atoms with Crippen LogP contribution in [0.4, 0.5) is 0 Å². The Kier molecular flexibility index (Phi) is 3.60. The van der Waals surface area contributed by atoms with Crippen molar-refractivity contribution in [2.24, 2.45) is 5.92 Å². The molecule has 0 aliphatic heterocycles. The van der Waals surface area contributed by atoms with Gasteiger partial charge in [-0.1, -0.05) is 13.3 Å². The molecule has 26 heavy (non-hydrogen) atoms. The van der Waals surface area contributed by atoms with Crippen LogP contribution in [-0.2, 0) is 12.8 Å². The molecule has 0 radical (unpaired) electrons. The lowest BCUT2D eigenvalue weighted by molar-refractivity contribution is 0.451. The third-order valence-corrected chi connectivity index (χ3v) is 6.75. The average molecular weight is 366 g/mol. The predicted octanol–water partition coefficient (Wildman–Crippen LogP) is 3.97. The Bertz CT molecular complexity index is 1100. The first-order valence-corrected chi connectivity index (χ1v) is 10.1. The summed E-state index contributed by atoms with van der Waals surface area (Å²) in [6, 6.07) is -0.00224. The van der Waals surface area contributed by atoms with E-state index in [-0.39, 0.29) is 6.04 Å². The molecule has 0 saturated carbocycles. The van der Waals surface area contributed by atoms with Gasteiger partial charge in [-0.25, -0.2) is 14.5 Å². The summed E-state index contributed by atoms with van der Waals surface area (Å²) >= 11 is 1.84.